The summed E-state index contributed by atoms with van der Waals surface area (Å²) < 4.78 is 4.64. The lowest BCUT2D eigenvalue weighted by Crippen LogP contribution is -2.24. The van der Waals surface area contributed by atoms with Gasteiger partial charge in [0.1, 0.15) is 0 Å². The molecule has 0 spiro atoms. The summed E-state index contributed by atoms with van der Waals surface area (Å²) in [7, 11) is 1.31. The van der Waals surface area contributed by atoms with Crippen LogP contribution in [-0.2, 0) is 4.74 Å². The van der Waals surface area contributed by atoms with Gasteiger partial charge in [-0.3, -0.25) is 9.59 Å². The molecule has 0 fully saturated rings. The topological polar surface area (TPSA) is 84.5 Å². The molecule has 0 aliphatic rings. The van der Waals surface area contributed by atoms with E-state index in [1.807, 2.05) is 0 Å². The molecule has 0 aliphatic carbocycles. The molecular formula is C21H24N2O4. The Kier molecular flexibility index (Phi) is 7.55. The van der Waals surface area contributed by atoms with Gasteiger partial charge >= 0.3 is 5.97 Å². The van der Waals surface area contributed by atoms with Crippen LogP contribution in [0.25, 0.3) is 0 Å². The molecule has 142 valence electrons. The van der Waals surface area contributed by atoms with E-state index < -0.39 is 5.97 Å². The molecule has 6 nitrogen and oxygen atoms in total. The zero-order valence-corrected chi connectivity index (χ0v) is 15.6. The highest BCUT2D eigenvalue weighted by atomic mass is 16.5. The number of unbranched alkanes of at least 4 members (excludes halogenated alkanes) is 2. The molecule has 2 rings (SSSR count). The fourth-order valence-electron chi connectivity index (χ4n) is 2.49. The van der Waals surface area contributed by atoms with Gasteiger partial charge < -0.3 is 15.4 Å². The Bertz CT molecular complexity index is 800. The molecule has 0 saturated carbocycles. The van der Waals surface area contributed by atoms with E-state index in [-0.39, 0.29) is 11.8 Å². The molecule has 0 saturated heterocycles. The quantitative estimate of drug-likeness (QED) is 0.550. The standard InChI is InChI=1S/C21H24N2O4/c1-3-4-5-13-22-19(24)16-7-6-8-17(14-16)20(25)23-18-11-9-15(10-12-18)21(26)27-2/h6-12,14H,3-5,13H2,1-2H3,(H,22,24)(H,23,25). The van der Waals surface area contributed by atoms with Gasteiger partial charge in [0.25, 0.3) is 11.8 Å². The minimum absolute atomic E-state index is 0.191. The number of methoxy groups -OCH3 is 1. The molecule has 0 aromatic heterocycles. The monoisotopic (exact) mass is 368 g/mol. The Hall–Kier alpha value is -3.15. The van der Waals surface area contributed by atoms with E-state index >= 15 is 0 Å². The third-order valence-corrected chi connectivity index (χ3v) is 4.02. The maximum Gasteiger partial charge on any atom is 0.337 e. The van der Waals surface area contributed by atoms with Crippen LogP contribution in [0.15, 0.2) is 48.5 Å². The molecule has 6 heteroatoms. The molecule has 0 atom stereocenters. The fraction of sp³-hybridized carbons (Fsp3) is 0.286. The Morgan fingerprint density at radius 2 is 1.56 bits per heavy atom. The average Bonchev–Trinajstić information content (AvgIpc) is 2.71. The molecular weight excluding hydrogens is 344 g/mol. The zero-order chi connectivity index (χ0) is 19.6. The first kappa shape index (κ1) is 20.2. The largest absolute Gasteiger partial charge is 0.465 e. The second-order valence-corrected chi connectivity index (χ2v) is 6.07. The van der Waals surface area contributed by atoms with Gasteiger partial charge in [-0.2, -0.15) is 0 Å². The van der Waals surface area contributed by atoms with Crippen molar-refractivity contribution < 1.29 is 19.1 Å². The predicted octanol–water partition coefficient (Wildman–Crippen LogP) is 3.65. The van der Waals surface area contributed by atoms with Crippen LogP contribution < -0.4 is 10.6 Å². The van der Waals surface area contributed by atoms with Crippen LogP contribution in [0.3, 0.4) is 0 Å². The maximum atomic E-state index is 12.4. The summed E-state index contributed by atoms with van der Waals surface area (Å²) in [6.45, 7) is 2.72. The predicted molar refractivity (Wildman–Crippen MR) is 104 cm³/mol. The minimum Gasteiger partial charge on any atom is -0.465 e. The molecule has 0 radical (unpaired) electrons. The lowest BCUT2D eigenvalue weighted by atomic mass is 10.1. The normalized spacial score (nSPS) is 10.1. The maximum absolute atomic E-state index is 12.4. The molecule has 0 unspecified atom stereocenters. The average molecular weight is 368 g/mol. The Labute approximate surface area is 158 Å². The van der Waals surface area contributed by atoms with Gasteiger partial charge in [0.2, 0.25) is 0 Å². The van der Waals surface area contributed by atoms with E-state index in [1.165, 1.54) is 7.11 Å². The van der Waals surface area contributed by atoms with E-state index in [1.54, 1.807) is 48.5 Å². The van der Waals surface area contributed by atoms with Crippen molar-refractivity contribution in [2.75, 3.05) is 19.0 Å². The van der Waals surface area contributed by atoms with E-state index in [4.69, 9.17) is 0 Å². The number of benzene rings is 2. The van der Waals surface area contributed by atoms with Gasteiger partial charge in [0.15, 0.2) is 0 Å². The Morgan fingerprint density at radius 3 is 2.19 bits per heavy atom. The minimum atomic E-state index is -0.439. The van der Waals surface area contributed by atoms with E-state index in [0.29, 0.717) is 28.9 Å². The smallest absolute Gasteiger partial charge is 0.337 e. The van der Waals surface area contributed by atoms with Crippen molar-refractivity contribution in [2.24, 2.45) is 0 Å². The second kappa shape index (κ2) is 10.1. The molecule has 0 heterocycles. The van der Waals surface area contributed by atoms with Crippen molar-refractivity contribution in [3.63, 3.8) is 0 Å². The fourth-order valence-corrected chi connectivity index (χ4v) is 2.49. The number of nitrogens with one attached hydrogen (secondary N) is 2. The zero-order valence-electron chi connectivity index (χ0n) is 15.6. The summed E-state index contributed by atoms with van der Waals surface area (Å²) in [5.41, 5.74) is 1.77. The Morgan fingerprint density at radius 1 is 0.889 bits per heavy atom. The number of esters is 1. The van der Waals surface area contributed by atoms with Crippen molar-refractivity contribution in [3.8, 4) is 0 Å². The number of carbonyl (C=O) groups excluding carboxylic acids is 3. The number of ether oxygens (including phenoxy) is 1. The number of rotatable bonds is 8. The van der Waals surface area contributed by atoms with Gasteiger partial charge in [-0.1, -0.05) is 25.8 Å². The van der Waals surface area contributed by atoms with Gasteiger partial charge in [0, 0.05) is 23.4 Å². The highest BCUT2D eigenvalue weighted by Crippen LogP contribution is 2.13. The van der Waals surface area contributed by atoms with Crippen LogP contribution in [0.1, 0.15) is 57.3 Å². The van der Waals surface area contributed by atoms with Crippen LogP contribution >= 0.6 is 0 Å². The van der Waals surface area contributed by atoms with Gasteiger partial charge in [-0.05, 0) is 48.9 Å². The summed E-state index contributed by atoms with van der Waals surface area (Å²) in [6.07, 6.45) is 3.09. The third-order valence-electron chi connectivity index (χ3n) is 4.02. The SMILES string of the molecule is CCCCCNC(=O)c1cccc(C(=O)Nc2ccc(C(=O)OC)cc2)c1. The molecule has 0 bridgehead atoms. The first-order valence-corrected chi connectivity index (χ1v) is 8.93. The van der Waals surface area contributed by atoms with Crippen molar-refractivity contribution in [2.45, 2.75) is 26.2 Å². The molecule has 2 aromatic rings. The summed E-state index contributed by atoms with van der Waals surface area (Å²) in [6, 6.07) is 12.9. The number of hydrogen-bond donors (Lipinski definition) is 2. The van der Waals surface area contributed by atoms with Crippen LogP contribution in [0.2, 0.25) is 0 Å². The van der Waals surface area contributed by atoms with Gasteiger partial charge in [0.05, 0.1) is 12.7 Å². The van der Waals surface area contributed by atoms with Crippen molar-refractivity contribution in [1.29, 1.82) is 0 Å². The molecule has 0 aliphatic heterocycles. The lowest BCUT2D eigenvalue weighted by molar-refractivity contribution is 0.0600. The van der Waals surface area contributed by atoms with E-state index in [9.17, 15) is 14.4 Å². The molecule has 2 N–H and O–H groups in total. The first-order valence-electron chi connectivity index (χ1n) is 8.93. The highest BCUT2D eigenvalue weighted by molar-refractivity contribution is 6.06. The van der Waals surface area contributed by atoms with Crippen LogP contribution in [0.5, 0.6) is 0 Å². The van der Waals surface area contributed by atoms with E-state index in [0.717, 1.165) is 19.3 Å². The summed E-state index contributed by atoms with van der Waals surface area (Å²) in [5.74, 6) is -0.963. The lowest BCUT2D eigenvalue weighted by Gasteiger charge is -2.08. The second-order valence-electron chi connectivity index (χ2n) is 6.07. The Balaban J connectivity index is 2.00. The summed E-state index contributed by atoms with van der Waals surface area (Å²) in [4.78, 5) is 36.0. The third kappa shape index (κ3) is 5.95. The number of hydrogen-bond acceptors (Lipinski definition) is 4. The number of anilines is 1. The number of amides is 2. The summed E-state index contributed by atoms with van der Waals surface area (Å²) >= 11 is 0. The molecule has 27 heavy (non-hydrogen) atoms. The highest BCUT2D eigenvalue weighted by Gasteiger charge is 2.11. The van der Waals surface area contributed by atoms with Crippen molar-refractivity contribution in [3.05, 3.63) is 65.2 Å². The van der Waals surface area contributed by atoms with Crippen LogP contribution in [0, 0.1) is 0 Å². The summed E-state index contributed by atoms with van der Waals surface area (Å²) in [5, 5.41) is 5.60. The van der Waals surface area contributed by atoms with Crippen LogP contribution in [0.4, 0.5) is 5.69 Å². The first-order chi connectivity index (χ1) is 13.0. The van der Waals surface area contributed by atoms with Gasteiger partial charge in [-0.15, -0.1) is 0 Å². The van der Waals surface area contributed by atoms with Crippen molar-refractivity contribution in [1.82, 2.24) is 5.32 Å². The number of carbonyl (C=O) groups is 3. The molecule has 2 amide bonds. The van der Waals surface area contributed by atoms with Crippen molar-refractivity contribution >= 4 is 23.5 Å². The molecule has 2 aromatic carbocycles. The van der Waals surface area contributed by atoms with Crippen LogP contribution in [-0.4, -0.2) is 31.4 Å². The van der Waals surface area contributed by atoms with E-state index in [2.05, 4.69) is 22.3 Å². The van der Waals surface area contributed by atoms with Gasteiger partial charge in [-0.25, -0.2) is 4.79 Å².